The predicted octanol–water partition coefficient (Wildman–Crippen LogP) is 3.01. The predicted molar refractivity (Wildman–Crippen MR) is 101 cm³/mol. The second-order valence-electron chi connectivity index (χ2n) is 6.48. The fraction of sp³-hybridized carbons (Fsp3) is 0.250. The Morgan fingerprint density at radius 2 is 1.46 bits per heavy atom. The SMILES string of the molecule is Cc1cc(C)cc(NC(=O)C(=O)Nc2ccc(N3CCCC3=O)cc2)c1. The van der Waals surface area contributed by atoms with Crippen molar-refractivity contribution in [2.24, 2.45) is 0 Å². The molecule has 1 fully saturated rings. The molecule has 1 saturated heterocycles. The number of rotatable bonds is 3. The molecule has 0 aliphatic carbocycles. The maximum absolute atomic E-state index is 12.1. The number of hydrogen-bond acceptors (Lipinski definition) is 3. The summed E-state index contributed by atoms with van der Waals surface area (Å²) in [5.41, 5.74) is 3.90. The van der Waals surface area contributed by atoms with Crippen LogP contribution in [0.25, 0.3) is 0 Å². The molecule has 6 heteroatoms. The van der Waals surface area contributed by atoms with Crippen LogP contribution in [0.15, 0.2) is 42.5 Å². The zero-order valence-electron chi connectivity index (χ0n) is 14.8. The van der Waals surface area contributed by atoms with E-state index in [4.69, 9.17) is 0 Å². The van der Waals surface area contributed by atoms with Crippen molar-refractivity contribution in [2.75, 3.05) is 22.1 Å². The molecule has 1 heterocycles. The van der Waals surface area contributed by atoms with E-state index < -0.39 is 11.8 Å². The first-order valence-corrected chi connectivity index (χ1v) is 8.53. The van der Waals surface area contributed by atoms with Crippen molar-refractivity contribution >= 4 is 34.8 Å². The van der Waals surface area contributed by atoms with E-state index in [1.54, 1.807) is 41.3 Å². The Balaban J connectivity index is 1.62. The van der Waals surface area contributed by atoms with Crippen LogP contribution in [0.4, 0.5) is 17.1 Å². The number of amides is 3. The van der Waals surface area contributed by atoms with Gasteiger partial charge in [0, 0.05) is 30.0 Å². The highest BCUT2D eigenvalue weighted by Gasteiger charge is 2.21. The molecule has 3 amide bonds. The molecule has 0 spiro atoms. The molecule has 2 aromatic carbocycles. The first kappa shape index (κ1) is 17.7. The van der Waals surface area contributed by atoms with Gasteiger partial charge in [-0.1, -0.05) is 6.07 Å². The Kier molecular flexibility index (Phi) is 5.02. The second kappa shape index (κ2) is 7.39. The molecule has 3 rings (SSSR count). The zero-order valence-corrected chi connectivity index (χ0v) is 14.8. The molecule has 0 radical (unpaired) electrons. The van der Waals surface area contributed by atoms with Gasteiger partial charge in [-0.15, -0.1) is 0 Å². The van der Waals surface area contributed by atoms with Crippen LogP contribution < -0.4 is 15.5 Å². The van der Waals surface area contributed by atoms with Gasteiger partial charge in [-0.2, -0.15) is 0 Å². The Bertz CT molecular complexity index is 839. The molecule has 2 N–H and O–H groups in total. The molecule has 0 unspecified atom stereocenters. The first-order valence-electron chi connectivity index (χ1n) is 8.53. The van der Waals surface area contributed by atoms with E-state index in [9.17, 15) is 14.4 Å². The highest BCUT2D eigenvalue weighted by Crippen LogP contribution is 2.23. The van der Waals surface area contributed by atoms with Gasteiger partial charge in [0.05, 0.1) is 0 Å². The number of anilines is 3. The standard InChI is InChI=1S/C20H21N3O3/c1-13-10-14(2)12-16(11-13)22-20(26)19(25)21-15-5-7-17(8-6-15)23-9-3-4-18(23)24/h5-8,10-12H,3-4,9H2,1-2H3,(H,21,25)(H,22,26). The summed E-state index contributed by atoms with van der Waals surface area (Å²) >= 11 is 0. The Morgan fingerprint density at radius 1 is 0.885 bits per heavy atom. The van der Waals surface area contributed by atoms with Crippen LogP contribution >= 0.6 is 0 Å². The smallest absolute Gasteiger partial charge is 0.314 e. The lowest BCUT2D eigenvalue weighted by molar-refractivity contribution is -0.132. The summed E-state index contributed by atoms with van der Waals surface area (Å²) < 4.78 is 0. The summed E-state index contributed by atoms with van der Waals surface area (Å²) in [6, 6.07) is 12.5. The first-order chi connectivity index (χ1) is 12.4. The van der Waals surface area contributed by atoms with E-state index in [1.165, 1.54) is 0 Å². The minimum absolute atomic E-state index is 0.106. The number of nitrogens with one attached hydrogen (secondary N) is 2. The summed E-state index contributed by atoms with van der Waals surface area (Å²) in [6.07, 6.45) is 1.42. The lowest BCUT2D eigenvalue weighted by atomic mass is 10.1. The summed E-state index contributed by atoms with van der Waals surface area (Å²) in [7, 11) is 0. The van der Waals surface area contributed by atoms with Gasteiger partial charge in [0.2, 0.25) is 5.91 Å². The Hall–Kier alpha value is -3.15. The van der Waals surface area contributed by atoms with Crippen LogP contribution in [-0.2, 0) is 14.4 Å². The fourth-order valence-electron chi connectivity index (χ4n) is 3.07. The summed E-state index contributed by atoms with van der Waals surface area (Å²) in [5, 5.41) is 5.17. The van der Waals surface area contributed by atoms with E-state index in [0.29, 0.717) is 24.3 Å². The number of hydrogen-bond donors (Lipinski definition) is 2. The van der Waals surface area contributed by atoms with Crippen molar-refractivity contribution < 1.29 is 14.4 Å². The minimum atomic E-state index is -0.742. The lowest BCUT2D eigenvalue weighted by Crippen LogP contribution is -2.29. The molecule has 1 aliphatic heterocycles. The van der Waals surface area contributed by atoms with Gasteiger partial charge in [0.15, 0.2) is 0 Å². The van der Waals surface area contributed by atoms with Crippen LogP contribution in [0.1, 0.15) is 24.0 Å². The average molecular weight is 351 g/mol. The van der Waals surface area contributed by atoms with Crippen molar-refractivity contribution in [3.8, 4) is 0 Å². The number of carbonyl (C=O) groups is 3. The van der Waals surface area contributed by atoms with E-state index >= 15 is 0 Å². The van der Waals surface area contributed by atoms with Crippen molar-refractivity contribution in [2.45, 2.75) is 26.7 Å². The van der Waals surface area contributed by atoms with Gasteiger partial charge in [-0.05, 0) is 67.8 Å². The summed E-state index contributed by atoms with van der Waals surface area (Å²) in [5.74, 6) is -1.36. The monoisotopic (exact) mass is 351 g/mol. The third kappa shape index (κ3) is 4.08. The van der Waals surface area contributed by atoms with E-state index in [1.807, 2.05) is 19.9 Å². The molecule has 1 aliphatic rings. The maximum Gasteiger partial charge on any atom is 0.314 e. The van der Waals surface area contributed by atoms with Crippen LogP contribution in [-0.4, -0.2) is 24.3 Å². The molecule has 2 aromatic rings. The molecular weight excluding hydrogens is 330 g/mol. The van der Waals surface area contributed by atoms with Crippen LogP contribution in [0.3, 0.4) is 0 Å². The number of carbonyl (C=O) groups excluding carboxylic acids is 3. The third-order valence-corrected chi connectivity index (χ3v) is 4.20. The molecule has 26 heavy (non-hydrogen) atoms. The fourth-order valence-corrected chi connectivity index (χ4v) is 3.07. The highest BCUT2D eigenvalue weighted by atomic mass is 16.2. The van der Waals surface area contributed by atoms with Gasteiger partial charge in [-0.3, -0.25) is 14.4 Å². The van der Waals surface area contributed by atoms with Gasteiger partial charge >= 0.3 is 11.8 Å². The van der Waals surface area contributed by atoms with Crippen molar-refractivity contribution in [1.29, 1.82) is 0 Å². The van der Waals surface area contributed by atoms with Gasteiger partial charge in [0.1, 0.15) is 0 Å². The topological polar surface area (TPSA) is 78.5 Å². The highest BCUT2D eigenvalue weighted by molar-refractivity contribution is 6.43. The number of benzene rings is 2. The second-order valence-corrected chi connectivity index (χ2v) is 6.48. The van der Waals surface area contributed by atoms with E-state index in [-0.39, 0.29) is 5.91 Å². The molecule has 0 atom stereocenters. The quantitative estimate of drug-likeness (QED) is 0.835. The van der Waals surface area contributed by atoms with Gasteiger partial charge < -0.3 is 15.5 Å². The zero-order chi connectivity index (χ0) is 18.7. The van der Waals surface area contributed by atoms with Crippen LogP contribution in [0.5, 0.6) is 0 Å². The Morgan fingerprint density at radius 3 is 2.00 bits per heavy atom. The minimum Gasteiger partial charge on any atom is -0.318 e. The van der Waals surface area contributed by atoms with Gasteiger partial charge in [-0.25, -0.2) is 0 Å². The normalized spacial score (nSPS) is 13.6. The average Bonchev–Trinajstić information content (AvgIpc) is 3.00. The molecule has 0 bridgehead atoms. The molecule has 134 valence electrons. The third-order valence-electron chi connectivity index (χ3n) is 4.20. The Labute approximate surface area is 152 Å². The molecule has 0 saturated carbocycles. The molecule has 0 aromatic heterocycles. The van der Waals surface area contributed by atoms with Crippen molar-refractivity contribution in [3.63, 3.8) is 0 Å². The summed E-state index contributed by atoms with van der Waals surface area (Å²) in [6.45, 7) is 4.56. The van der Waals surface area contributed by atoms with Crippen molar-refractivity contribution in [1.82, 2.24) is 0 Å². The lowest BCUT2D eigenvalue weighted by Gasteiger charge is -2.16. The van der Waals surface area contributed by atoms with Crippen LogP contribution in [0, 0.1) is 13.8 Å². The number of aryl methyl sites for hydroxylation is 2. The largest absolute Gasteiger partial charge is 0.318 e. The van der Waals surface area contributed by atoms with Gasteiger partial charge in [0.25, 0.3) is 0 Å². The molecule has 6 nitrogen and oxygen atoms in total. The van der Waals surface area contributed by atoms with E-state index in [2.05, 4.69) is 10.6 Å². The van der Waals surface area contributed by atoms with E-state index in [0.717, 1.165) is 23.2 Å². The van der Waals surface area contributed by atoms with Crippen molar-refractivity contribution in [3.05, 3.63) is 53.6 Å². The van der Waals surface area contributed by atoms with Crippen LogP contribution in [0.2, 0.25) is 0 Å². The maximum atomic E-state index is 12.1. The molecular formula is C20H21N3O3. The number of nitrogens with zero attached hydrogens (tertiary/aromatic N) is 1. The summed E-state index contributed by atoms with van der Waals surface area (Å²) in [4.78, 5) is 37.6.